The lowest BCUT2D eigenvalue weighted by Crippen LogP contribution is -2.46. The topological polar surface area (TPSA) is 41.5 Å². The Morgan fingerprint density at radius 3 is 2.32 bits per heavy atom. The summed E-state index contributed by atoms with van der Waals surface area (Å²) in [5.41, 5.74) is 1.21. The maximum Gasteiger partial charge on any atom is 0.127 e. The number of piperazine rings is 1. The Balaban J connectivity index is 1.75. The summed E-state index contributed by atoms with van der Waals surface area (Å²) in [5, 5.41) is 0. The first-order valence-corrected chi connectivity index (χ1v) is 7.05. The lowest BCUT2D eigenvalue weighted by Gasteiger charge is -2.34. The fraction of sp³-hybridized carbons (Fsp3) is 0.714. The summed E-state index contributed by atoms with van der Waals surface area (Å²) in [7, 11) is 1.76. The number of rotatable bonds is 6. The van der Waals surface area contributed by atoms with Gasteiger partial charge in [-0.3, -0.25) is 9.80 Å². The normalized spacial score (nSPS) is 17.8. The number of nitrogens with zero attached hydrogens (tertiary/aromatic N) is 4. The molecule has 1 fully saturated rings. The van der Waals surface area contributed by atoms with Gasteiger partial charge in [0.25, 0.3) is 0 Å². The highest BCUT2D eigenvalue weighted by Crippen LogP contribution is 2.07. The molecule has 0 radical (unpaired) electrons. The van der Waals surface area contributed by atoms with Crippen molar-refractivity contribution < 1.29 is 4.74 Å². The summed E-state index contributed by atoms with van der Waals surface area (Å²) < 4.78 is 5.12. The Kier molecular flexibility index (Phi) is 5.69. The van der Waals surface area contributed by atoms with E-state index in [1.807, 2.05) is 12.4 Å². The van der Waals surface area contributed by atoms with E-state index in [0.29, 0.717) is 0 Å². The first-order chi connectivity index (χ1) is 9.31. The van der Waals surface area contributed by atoms with E-state index < -0.39 is 0 Å². The lowest BCUT2D eigenvalue weighted by atomic mass is 10.2. The summed E-state index contributed by atoms with van der Waals surface area (Å²) >= 11 is 0. The SMILES string of the molecule is CCc1ncc(CN2CCN(CCOC)CC2)cn1. The third kappa shape index (κ3) is 4.53. The van der Waals surface area contributed by atoms with Gasteiger partial charge >= 0.3 is 0 Å². The van der Waals surface area contributed by atoms with Crippen molar-refractivity contribution in [2.75, 3.05) is 46.4 Å². The minimum Gasteiger partial charge on any atom is -0.383 e. The molecular formula is C14H24N4O. The largest absolute Gasteiger partial charge is 0.383 e. The van der Waals surface area contributed by atoms with Crippen molar-refractivity contribution in [2.24, 2.45) is 0 Å². The van der Waals surface area contributed by atoms with Gasteiger partial charge in [0, 0.05) is 70.8 Å². The maximum atomic E-state index is 5.12. The molecule has 106 valence electrons. The van der Waals surface area contributed by atoms with Crippen LogP contribution in [0.4, 0.5) is 0 Å². The predicted octanol–water partition coefficient (Wildman–Crippen LogP) is 0.803. The van der Waals surface area contributed by atoms with Gasteiger partial charge in [0.05, 0.1) is 6.61 Å². The highest BCUT2D eigenvalue weighted by Gasteiger charge is 2.16. The summed E-state index contributed by atoms with van der Waals surface area (Å²) in [4.78, 5) is 13.6. The number of hydrogen-bond acceptors (Lipinski definition) is 5. The van der Waals surface area contributed by atoms with Gasteiger partial charge in [-0.05, 0) is 0 Å². The van der Waals surface area contributed by atoms with Crippen LogP contribution in [0.2, 0.25) is 0 Å². The van der Waals surface area contributed by atoms with E-state index in [0.717, 1.165) is 58.1 Å². The minimum atomic E-state index is 0.826. The standard InChI is InChI=1S/C14H24N4O/c1-3-14-15-10-13(11-16-14)12-18-6-4-17(5-7-18)8-9-19-2/h10-11H,3-9,12H2,1-2H3. The van der Waals surface area contributed by atoms with Crippen LogP contribution in [0.5, 0.6) is 0 Å². The molecule has 0 amide bonds. The van der Waals surface area contributed by atoms with Gasteiger partial charge in [0.2, 0.25) is 0 Å². The van der Waals surface area contributed by atoms with E-state index in [1.165, 1.54) is 5.56 Å². The fourth-order valence-electron chi connectivity index (χ4n) is 2.30. The molecule has 2 rings (SSSR count). The van der Waals surface area contributed by atoms with Crippen molar-refractivity contribution in [3.05, 3.63) is 23.8 Å². The summed E-state index contributed by atoms with van der Waals surface area (Å²) in [6, 6.07) is 0. The smallest absolute Gasteiger partial charge is 0.127 e. The molecule has 2 heterocycles. The highest BCUT2D eigenvalue weighted by atomic mass is 16.5. The van der Waals surface area contributed by atoms with Gasteiger partial charge in [-0.25, -0.2) is 9.97 Å². The first kappa shape index (κ1) is 14.4. The van der Waals surface area contributed by atoms with Crippen LogP contribution in [0.25, 0.3) is 0 Å². The average Bonchev–Trinajstić information content (AvgIpc) is 2.47. The van der Waals surface area contributed by atoms with Crippen molar-refractivity contribution in [3.8, 4) is 0 Å². The monoisotopic (exact) mass is 264 g/mol. The zero-order valence-electron chi connectivity index (χ0n) is 12.0. The number of ether oxygens (including phenoxy) is 1. The number of hydrogen-bond donors (Lipinski definition) is 0. The van der Waals surface area contributed by atoms with Gasteiger partial charge in [-0.15, -0.1) is 0 Å². The third-order valence-electron chi connectivity index (χ3n) is 3.56. The second-order valence-electron chi connectivity index (χ2n) is 4.97. The molecular weight excluding hydrogens is 240 g/mol. The van der Waals surface area contributed by atoms with Crippen LogP contribution < -0.4 is 0 Å². The van der Waals surface area contributed by atoms with Crippen LogP contribution in [-0.4, -0.2) is 66.2 Å². The molecule has 1 aromatic heterocycles. The van der Waals surface area contributed by atoms with Gasteiger partial charge < -0.3 is 4.74 Å². The summed E-state index contributed by atoms with van der Waals surface area (Å²) in [6.45, 7) is 9.37. The van der Waals surface area contributed by atoms with E-state index in [4.69, 9.17) is 4.74 Å². The zero-order valence-corrected chi connectivity index (χ0v) is 12.0. The molecule has 0 saturated carbocycles. The van der Waals surface area contributed by atoms with Gasteiger partial charge in [-0.1, -0.05) is 6.92 Å². The molecule has 0 N–H and O–H groups in total. The second kappa shape index (κ2) is 7.53. The molecule has 5 nitrogen and oxygen atoms in total. The molecule has 0 bridgehead atoms. The molecule has 5 heteroatoms. The molecule has 0 aromatic carbocycles. The zero-order chi connectivity index (χ0) is 13.5. The average molecular weight is 264 g/mol. The first-order valence-electron chi connectivity index (χ1n) is 7.05. The van der Waals surface area contributed by atoms with Crippen molar-refractivity contribution >= 4 is 0 Å². The number of methoxy groups -OCH3 is 1. The molecule has 1 aromatic rings. The third-order valence-corrected chi connectivity index (χ3v) is 3.56. The lowest BCUT2D eigenvalue weighted by molar-refractivity contribution is 0.0937. The Morgan fingerprint density at radius 2 is 1.74 bits per heavy atom. The summed E-state index contributed by atoms with van der Waals surface area (Å²) in [6.07, 6.45) is 4.82. The van der Waals surface area contributed by atoms with Crippen LogP contribution in [0.15, 0.2) is 12.4 Å². The molecule has 1 saturated heterocycles. The van der Waals surface area contributed by atoms with Gasteiger partial charge in [-0.2, -0.15) is 0 Å². The summed E-state index contributed by atoms with van der Waals surface area (Å²) in [5.74, 6) is 0.924. The minimum absolute atomic E-state index is 0.826. The van der Waals surface area contributed by atoms with Crippen LogP contribution in [0.1, 0.15) is 18.3 Å². The molecule has 1 aliphatic rings. The van der Waals surface area contributed by atoms with Crippen molar-refractivity contribution in [2.45, 2.75) is 19.9 Å². The Labute approximate surface area is 115 Å². The quantitative estimate of drug-likeness (QED) is 0.760. The molecule has 0 atom stereocenters. The molecule has 0 aliphatic carbocycles. The van der Waals surface area contributed by atoms with Crippen molar-refractivity contribution in [1.29, 1.82) is 0 Å². The van der Waals surface area contributed by atoms with E-state index in [1.54, 1.807) is 7.11 Å². The van der Waals surface area contributed by atoms with Crippen molar-refractivity contribution in [1.82, 2.24) is 19.8 Å². The fourth-order valence-corrected chi connectivity index (χ4v) is 2.30. The Hall–Kier alpha value is -1.04. The second-order valence-corrected chi connectivity index (χ2v) is 4.97. The van der Waals surface area contributed by atoms with Crippen LogP contribution in [-0.2, 0) is 17.7 Å². The van der Waals surface area contributed by atoms with E-state index in [9.17, 15) is 0 Å². The van der Waals surface area contributed by atoms with Gasteiger partial charge in [0.15, 0.2) is 0 Å². The van der Waals surface area contributed by atoms with E-state index in [-0.39, 0.29) is 0 Å². The van der Waals surface area contributed by atoms with Crippen molar-refractivity contribution in [3.63, 3.8) is 0 Å². The van der Waals surface area contributed by atoms with Crippen LogP contribution in [0.3, 0.4) is 0 Å². The van der Waals surface area contributed by atoms with E-state index >= 15 is 0 Å². The van der Waals surface area contributed by atoms with Crippen LogP contribution >= 0.6 is 0 Å². The van der Waals surface area contributed by atoms with Gasteiger partial charge in [0.1, 0.15) is 5.82 Å². The number of aryl methyl sites for hydroxylation is 1. The van der Waals surface area contributed by atoms with Crippen LogP contribution in [0, 0.1) is 0 Å². The number of aromatic nitrogens is 2. The molecule has 0 unspecified atom stereocenters. The molecule has 1 aliphatic heterocycles. The molecule has 19 heavy (non-hydrogen) atoms. The predicted molar refractivity (Wildman–Crippen MR) is 75.0 cm³/mol. The molecule has 0 spiro atoms. The Morgan fingerprint density at radius 1 is 1.11 bits per heavy atom. The Bertz CT molecular complexity index is 360. The maximum absolute atomic E-state index is 5.12. The highest BCUT2D eigenvalue weighted by molar-refractivity contribution is 5.05. The van der Waals surface area contributed by atoms with E-state index in [2.05, 4.69) is 26.7 Å².